The van der Waals surface area contributed by atoms with Gasteiger partial charge in [0.25, 0.3) is 0 Å². The highest BCUT2D eigenvalue weighted by molar-refractivity contribution is 5.71. The van der Waals surface area contributed by atoms with Crippen molar-refractivity contribution in [1.29, 1.82) is 0 Å². The van der Waals surface area contributed by atoms with Gasteiger partial charge >= 0.3 is 6.01 Å². The van der Waals surface area contributed by atoms with Gasteiger partial charge in [0.1, 0.15) is 17.1 Å². The molecule has 0 atom stereocenters. The molecular weight excluding hydrogens is 234 g/mol. The van der Waals surface area contributed by atoms with Gasteiger partial charge in [-0.05, 0) is 12.1 Å². The molecule has 1 aromatic carbocycles. The van der Waals surface area contributed by atoms with Crippen LogP contribution in [0.15, 0.2) is 18.2 Å². The highest BCUT2D eigenvalue weighted by atomic mass is 16.5. The summed E-state index contributed by atoms with van der Waals surface area (Å²) in [6.07, 6.45) is 0. The molecule has 6 nitrogen and oxygen atoms in total. The monoisotopic (exact) mass is 249 g/mol. The Morgan fingerprint density at radius 3 is 2.06 bits per heavy atom. The normalized spacial score (nSPS) is 10.2. The summed E-state index contributed by atoms with van der Waals surface area (Å²) >= 11 is 0. The van der Waals surface area contributed by atoms with Crippen LogP contribution in [-0.2, 0) is 7.05 Å². The van der Waals surface area contributed by atoms with Crippen molar-refractivity contribution in [3.8, 4) is 28.9 Å². The van der Waals surface area contributed by atoms with Gasteiger partial charge < -0.3 is 14.2 Å². The molecule has 0 unspecified atom stereocenters. The van der Waals surface area contributed by atoms with Crippen LogP contribution in [0, 0.1) is 0 Å². The second-order valence-corrected chi connectivity index (χ2v) is 3.58. The summed E-state index contributed by atoms with van der Waals surface area (Å²) in [6.45, 7) is 0. The van der Waals surface area contributed by atoms with Crippen LogP contribution in [0.5, 0.6) is 17.5 Å². The van der Waals surface area contributed by atoms with E-state index in [-0.39, 0.29) is 0 Å². The molecule has 0 bridgehead atoms. The minimum absolute atomic E-state index is 0.429. The third-order valence-corrected chi connectivity index (χ3v) is 2.56. The Hall–Kier alpha value is -2.24. The summed E-state index contributed by atoms with van der Waals surface area (Å²) in [7, 11) is 6.50. The van der Waals surface area contributed by atoms with Crippen molar-refractivity contribution in [3.63, 3.8) is 0 Å². The molecule has 18 heavy (non-hydrogen) atoms. The first-order valence-corrected chi connectivity index (χ1v) is 5.37. The Morgan fingerprint density at radius 1 is 1.00 bits per heavy atom. The predicted molar refractivity (Wildman–Crippen MR) is 66.1 cm³/mol. The molecular formula is C12H15N3O3. The Labute approximate surface area is 105 Å². The van der Waals surface area contributed by atoms with E-state index in [1.165, 1.54) is 0 Å². The summed E-state index contributed by atoms with van der Waals surface area (Å²) in [5.41, 5.74) is 0.710. The topological polar surface area (TPSA) is 58.4 Å². The van der Waals surface area contributed by atoms with Crippen LogP contribution in [-0.4, -0.2) is 36.1 Å². The van der Waals surface area contributed by atoms with Gasteiger partial charge in [0.2, 0.25) is 0 Å². The summed E-state index contributed by atoms with van der Waals surface area (Å²) in [4.78, 5) is 4.29. The second-order valence-electron chi connectivity index (χ2n) is 3.58. The second kappa shape index (κ2) is 4.95. The lowest BCUT2D eigenvalue weighted by molar-refractivity contribution is 0.359. The average molecular weight is 249 g/mol. The van der Waals surface area contributed by atoms with Crippen molar-refractivity contribution in [2.45, 2.75) is 0 Å². The predicted octanol–water partition coefficient (Wildman–Crippen LogP) is 1.51. The minimum atomic E-state index is 0.429. The molecule has 0 aliphatic carbocycles. The summed E-state index contributed by atoms with van der Waals surface area (Å²) < 4.78 is 17.3. The number of methoxy groups -OCH3 is 3. The van der Waals surface area contributed by atoms with Gasteiger partial charge in [0.15, 0.2) is 5.82 Å². The molecule has 0 amide bonds. The summed E-state index contributed by atoms with van der Waals surface area (Å²) in [5, 5.41) is 4.29. The maximum Gasteiger partial charge on any atom is 0.314 e. The molecule has 0 aliphatic heterocycles. The number of aryl methyl sites for hydroxylation is 1. The van der Waals surface area contributed by atoms with E-state index in [4.69, 9.17) is 14.2 Å². The van der Waals surface area contributed by atoms with Crippen molar-refractivity contribution in [2.75, 3.05) is 21.3 Å². The fourth-order valence-corrected chi connectivity index (χ4v) is 1.73. The number of nitrogens with zero attached hydrogens (tertiary/aromatic N) is 3. The van der Waals surface area contributed by atoms with Crippen LogP contribution < -0.4 is 14.2 Å². The SMILES string of the molecule is COc1cccc(OC)c1-c1nc(OC)n(C)n1. The van der Waals surface area contributed by atoms with Crippen LogP contribution in [0.2, 0.25) is 0 Å². The van der Waals surface area contributed by atoms with Crippen LogP contribution >= 0.6 is 0 Å². The van der Waals surface area contributed by atoms with Crippen LogP contribution in [0.3, 0.4) is 0 Å². The van der Waals surface area contributed by atoms with Gasteiger partial charge in [0.05, 0.1) is 21.3 Å². The third kappa shape index (κ3) is 1.97. The fourth-order valence-electron chi connectivity index (χ4n) is 1.73. The van der Waals surface area contributed by atoms with E-state index in [1.54, 1.807) is 33.1 Å². The first kappa shape index (κ1) is 12.2. The lowest BCUT2D eigenvalue weighted by atomic mass is 10.1. The Bertz CT molecular complexity index is 529. The maximum absolute atomic E-state index is 5.31. The molecule has 0 saturated carbocycles. The lowest BCUT2D eigenvalue weighted by Crippen LogP contribution is -1.96. The standard InChI is InChI=1S/C12H15N3O3/c1-15-12(18-4)13-11(14-15)10-8(16-2)6-5-7-9(10)17-3/h5-7H,1-4H3. The van der Waals surface area contributed by atoms with Crippen molar-refractivity contribution < 1.29 is 14.2 Å². The van der Waals surface area contributed by atoms with Crippen molar-refractivity contribution >= 4 is 0 Å². The number of ether oxygens (including phenoxy) is 3. The van der Waals surface area contributed by atoms with E-state index >= 15 is 0 Å². The van der Waals surface area contributed by atoms with Crippen molar-refractivity contribution in [3.05, 3.63) is 18.2 Å². The molecule has 1 heterocycles. The molecule has 0 aliphatic rings. The fraction of sp³-hybridized carbons (Fsp3) is 0.333. The summed E-state index contributed by atoms with van der Waals surface area (Å²) in [6, 6.07) is 5.95. The molecule has 96 valence electrons. The first-order valence-electron chi connectivity index (χ1n) is 5.37. The number of aromatic nitrogens is 3. The largest absolute Gasteiger partial charge is 0.496 e. The Balaban J connectivity index is 2.60. The van der Waals surface area contributed by atoms with E-state index in [2.05, 4.69) is 10.1 Å². The lowest BCUT2D eigenvalue weighted by Gasteiger charge is -2.09. The zero-order valence-corrected chi connectivity index (χ0v) is 10.8. The van der Waals surface area contributed by atoms with E-state index in [0.29, 0.717) is 28.9 Å². The van der Waals surface area contributed by atoms with E-state index in [1.807, 2.05) is 18.2 Å². The molecule has 0 N–H and O–H groups in total. The van der Waals surface area contributed by atoms with Gasteiger partial charge in [-0.25, -0.2) is 4.68 Å². The molecule has 0 radical (unpaired) electrons. The molecule has 0 saturated heterocycles. The van der Waals surface area contributed by atoms with E-state index < -0.39 is 0 Å². The molecule has 0 fully saturated rings. The molecule has 2 rings (SSSR count). The summed E-state index contributed by atoms with van der Waals surface area (Å²) in [5.74, 6) is 1.81. The van der Waals surface area contributed by atoms with Gasteiger partial charge in [-0.3, -0.25) is 0 Å². The maximum atomic E-state index is 5.31. The average Bonchev–Trinajstić information content (AvgIpc) is 2.78. The number of hydrogen-bond donors (Lipinski definition) is 0. The Kier molecular flexibility index (Phi) is 3.36. The van der Waals surface area contributed by atoms with Gasteiger partial charge in [-0.2, -0.15) is 4.98 Å². The quantitative estimate of drug-likeness (QED) is 0.822. The smallest absolute Gasteiger partial charge is 0.314 e. The first-order chi connectivity index (χ1) is 8.71. The van der Waals surface area contributed by atoms with E-state index in [9.17, 15) is 0 Å². The minimum Gasteiger partial charge on any atom is -0.496 e. The number of hydrogen-bond acceptors (Lipinski definition) is 5. The van der Waals surface area contributed by atoms with Crippen LogP contribution in [0.1, 0.15) is 0 Å². The Morgan fingerprint density at radius 2 is 1.61 bits per heavy atom. The zero-order valence-electron chi connectivity index (χ0n) is 10.8. The van der Waals surface area contributed by atoms with Crippen molar-refractivity contribution in [1.82, 2.24) is 14.8 Å². The molecule has 1 aromatic heterocycles. The van der Waals surface area contributed by atoms with Gasteiger partial charge in [0, 0.05) is 7.05 Å². The van der Waals surface area contributed by atoms with Crippen LogP contribution in [0.4, 0.5) is 0 Å². The van der Waals surface area contributed by atoms with Gasteiger partial charge in [-0.15, -0.1) is 5.10 Å². The third-order valence-electron chi connectivity index (χ3n) is 2.56. The van der Waals surface area contributed by atoms with Gasteiger partial charge in [-0.1, -0.05) is 6.07 Å². The zero-order chi connectivity index (χ0) is 13.1. The number of benzene rings is 1. The number of rotatable bonds is 4. The molecule has 6 heteroatoms. The van der Waals surface area contributed by atoms with Crippen molar-refractivity contribution in [2.24, 2.45) is 7.05 Å². The van der Waals surface area contributed by atoms with E-state index in [0.717, 1.165) is 0 Å². The molecule has 0 spiro atoms. The van der Waals surface area contributed by atoms with Crippen LogP contribution in [0.25, 0.3) is 11.4 Å². The molecule has 2 aromatic rings. The highest BCUT2D eigenvalue weighted by Gasteiger charge is 2.18. The highest BCUT2D eigenvalue weighted by Crippen LogP contribution is 2.36.